The molecule has 2 rings (SSSR count). The van der Waals surface area contributed by atoms with Crippen LogP contribution in [0, 0.1) is 5.92 Å². The van der Waals surface area contributed by atoms with Crippen LogP contribution in [0.15, 0.2) is 28.7 Å². The maximum atomic E-state index is 11.9. The van der Waals surface area contributed by atoms with Crippen LogP contribution in [0.4, 0.5) is 0 Å². The molecule has 6 heteroatoms. The van der Waals surface area contributed by atoms with E-state index in [1.165, 1.54) is 0 Å². The van der Waals surface area contributed by atoms with Crippen LogP contribution in [0.25, 0.3) is 0 Å². The minimum atomic E-state index is -0.166. The van der Waals surface area contributed by atoms with Gasteiger partial charge >= 0.3 is 0 Å². The number of nitrogens with two attached hydrogens (primary N) is 1. The first-order valence-corrected chi connectivity index (χ1v) is 8.42. The second kappa shape index (κ2) is 8.29. The van der Waals surface area contributed by atoms with E-state index in [4.69, 9.17) is 5.73 Å². The molecule has 1 aromatic carbocycles. The number of halogens is 1. The highest BCUT2D eigenvalue weighted by Crippen LogP contribution is 2.24. The standard InChI is InChI=1S/C16H22BrN3O2/c17-13-6-4-11(5-7-13)16(22)19-9-8-15(21)20-14-3-1-2-12(14)10-18/h4-7,12,14H,1-3,8-10,18H2,(H,19,22)(H,20,21). The van der Waals surface area contributed by atoms with Crippen molar-refractivity contribution in [3.63, 3.8) is 0 Å². The summed E-state index contributed by atoms with van der Waals surface area (Å²) in [6.45, 7) is 0.950. The van der Waals surface area contributed by atoms with Gasteiger partial charge in [-0.1, -0.05) is 22.4 Å². The molecule has 0 saturated heterocycles. The van der Waals surface area contributed by atoms with Gasteiger partial charge in [0.25, 0.3) is 5.91 Å². The number of hydrogen-bond acceptors (Lipinski definition) is 3. The predicted octanol–water partition coefficient (Wildman–Crippen LogP) is 1.81. The Balaban J connectivity index is 1.70. The van der Waals surface area contributed by atoms with Crippen LogP contribution in [0.1, 0.15) is 36.0 Å². The molecule has 0 heterocycles. The molecule has 1 aliphatic rings. The minimum absolute atomic E-state index is 0.0264. The molecule has 1 saturated carbocycles. The highest BCUT2D eigenvalue weighted by molar-refractivity contribution is 9.10. The van der Waals surface area contributed by atoms with E-state index in [0.717, 1.165) is 23.7 Å². The van der Waals surface area contributed by atoms with E-state index >= 15 is 0 Å². The van der Waals surface area contributed by atoms with Gasteiger partial charge in [-0.05, 0) is 49.6 Å². The zero-order chi connectivity index (χ0) is 15.9. The van der Waals surface area contributed by atoms with E-state index in [2.05, 4.69) is 26.6 Å². The topological polar surface area (TPSA) is 84.2 Å². The van der Waals surface area contributed by atoms with Crippen molar-refractivity contribution < 1.29 is 9.59 Å². The van der Waals surface area contributed by atoms with Crippen LogP contribution < -0.4 is 16.4 Å². The van der Waals surface area contributed by atoms with Crippen LogP contribution in [0.3, 0.4) is 0 Å². The first-order chi connectivity index (χ1) is 10.6. The van der Waals surface area contributed by atoms with E-state index in [1.807, 2.05) is 12.1 Å². The maximum Gasteiger partial charge on any atom is 0.251 e. The molecule has 4 N–H and O–H groups in total. The Morgan fingerprint density at radius 3 is 2.64 bits per heavy atom. The summed E-state index contributed by atoms with van der Waals surface area (Å²) in [5.41, 5.74) is 6.29. The third-order valence-electron chi connectivity index (χ3n) is 4.05. The van der Waals surface area contributed by atoms with Gasteiger partial charge in [-0.25, -0.2) is 0 Å². The van der Waals surface area contributed by atoms with Crippen molar-refractivity contribution in [1.29, 1.82) is 0 Å². The summed E-state index contributed by atoms with van der Waals surface area (Å²) in [5, 5.41) is 5.78. The van der Waals surface area contributed by atoms with Crippen molar-refractivity contribution in [3.05, 3.63) is 34.3 Å². The highest BCUT2D eigenvalue weighted by Gasteiger charge is 2.27. The fourth-order valence-corrected chi connectivity index (χ4v) is 3.05. The van der Waals surface area contributed by atoms with Crippen molar-refractivity contribution in [1.82, 2.24) is 10.6 Å². The molecule has 2 atom stereocenters. The molecule has 1 fully saturated rings. The molecule has 5 nitrogen and oxygen atoms in total. The second-order valence-corrected chi connectivity index (χ2v) is 6.53. The van der Waals surface area contributed by atoms with Gasteiger partial charge in [0, 0.05) is 29.0 Å². The monoisotopic (exact) mass is 367 g/mol. The molecular weight excluding hydrogens is 346 g/mol. The molecule has 2 unspecified atom stereocenters. The normalized spacial score (nSPS) is 20.6. The van der Waals surface area contributed by atoms with E-state index in [-0.39, 0.29) is 24.3 Å². The Labute approximate surface area is 139 Å². The van der Waals surface area contributed by atoms with Gasteiger partial charge in [0.05, 0.1) is 0 Å². The maximum absolute atomic E-state index is 11.9. The molecule has 1 aromatic rings. The van der Waals surface area contributed by atoms with Crippen LogP contribution in [-0.2, 0) is 4.79 Å². The lowest BCUT2D eigenvalue weighted by Crippen LogP contribution is -2.41. The van der Waals surface area contributed by atoms with Crippen LogP contribution >= 0.6 is 15.9 Å². The minimum Gasteiger partial charge on any atom is -0.353 e. The summed E-state index contributed by atoms with van der Waals surface area (Å²) in [7, 11) is 0. The molecule has 0 bridgehead atoms. The van der Waals surface area contributed by atoms with Crippen LogP contribution in [0.2, 0.25) is 0 Å². The Hall–Kier alpha value is -1.40. The van der Waals surface area contributed by atoms with Crippen LogP contribution in [0.5, 0.6) is 0 Å². The summed E-state index contributed by atoms with van der Waals surface area (Å²) in [6, 6.07) is 7.30. The predicted molar refractivity (Wildman–Crippen MR) is 89.4 cm³/mol. The van der Waals surface area contributed by atoms with Crippen molar-refractivity contribution in [2.45, 2.75) is 31.7 Å². The Morgan fingerprint density at radius 2 is 1.95 bits per heavy atom. The fourth-order valence-electron chi connectivity index (χ4n) is 2.78. The number of rotatable bonds is 6. The molecule has 0 radical (unpaired) electrons. The first-order valence-electron chi connectivity index (χ1n) is 7.63. The van der Waals surface area contributed by atoms with Crippen LogP contribution in [-0.4, -0.2) is 30.9 Å². The number of nitrogens with one attached hydrogen (secondary N) is 2. The molecule has 0 aliphatic heterocycles. The lowest BCUT2D eigenvalue weighted by atomic mass is 10.0. The first kappa shape index (κ1) is 17.0. The number of benzene rings is 1. The van der Waals surface area contributed by atoms with Crippen molar-refractivity contribution in [2.24, 2.45) is 11.7 Å². The highest BCUT2D eigenvalue weighted by atomic mass is 79.9. The Bertz CT molecular complexity index is 519. The largest absolute Gasteiger partial charge is 0.353 e. The average Bonchev–Trinajstić information content (AvgIpc) is 2.95. The zero-order valence-corrected chi connectivity index (χ0v) is 14.1. The summed E-state index contributed by atoms with van der Waals surface area (Å²) in [4.78, 5) is 23.8. The SMILES string of the molecule is NCC1CCCC1NC(=O)CCNC(=O)c1ccc(Br)cc1. The van der Waals surface area contributed by atoms with E-state index < -0.39 is 0 Å². The van der Waals surface area contributed by atoms with Gasteiger partial charge in [-0.2, -0.15) is 0 Å². The van der Waals surface area contributed by atoms with Gasteiger partial charge in [0.15, 0.2) is 0 Å². The Kier molecular flexibility index (Phi) is 6.39. The Morgan fingerprint density at radius 1 is 1.23 bits per heavy atom. The number of carbonyl (C=O) groups is 2. The summed E-state index contributed by atoms with van der Waals surface area (Å²) in [5.74, 6) is 0.198. The van der Waals surface area contributed by atoms with Crippen molar-refractivity contribution >= 4 is 27.7 Å². The van der Waals surface area contributed by atoms with Gasteiger partial charge in [0.2, 0.25) is 5.91 Å². The third-order valence-corrected chi connectivity index (χ3v) is 4.58. The number of hydrogen-bond donors (Lipinski definition) is 3. The molecule has 22 heavy (non-hydrogen) atoms. The summed E-state index contributed by atoms with van der Waals surface area (Å²) in [6.07, 6.45) is 3.49. The molecule has 0 aromatic heterocycles. The zero-order valence-electron chi connectivity index (χ0n) is 12.5. The molecule has 1 aliphatic carbocycles. The molecule has 120 valence electrons. The summed E-state index contributed by atoms with van der Waals surface area (Å²) >= 11 is 3.32. The van der Waals surface area contributed by atoms with E-state index in [1.54, 1.807) is 12.1 Å². The fraction of sp³-hybridized carbons (Fsp3) is 0.500. The van der Waals surface area contributed by atoms with E-state index in [0.29, 0.717) is 24.6 Å². The van der Waals surface area contributed by atoms with Gasteiger partial charge < -0.3 is 16.4 Å². The quantitative estimate of drug-likeness (QED) is 0.716. The molecule has 0 spiro atoms. The smallest absolute Gasteiger partial charge is 0.251 e. The van der Waals surface area contributed by atoms with Gasteiger partial charge in [-0.15, -0.1) is 0 Å². The lowest BCUT2D eigenvalue weighted by Gasteiger charge is -2.19. The average molecular weight is 368 g/mol. The molecule has 2 amide bonds. The van der Waals surface area contributed by atoms with Gasteiger partial charge in [-0.3, -0.25) is 9.59 Å². The third kappa shape index (κ3) is 4.81. The lowest BCUT2D eigenvalue weighted by molar-refractivity contribution is -0.121. The second-order valence-electron chi connectivity index (χ2n) is 5.61. The number of amides is 2. The summed E-state index contributed by atoms with van der Waals surface area (Å²) < 4.78 is 0.925. The number of carbonyl (C=O) groups excluding carboxylic acids is 2. The van der Waals surface area contributed by atoms with Gasteiger partial charge in [0.1, 0.15) is 0 Å². The van der Waals surface area contributed by atoms with Crippen molar-refractivity contribution in [2.75, 3.05) is 13.1 Å². The molecular formula is C16H22BrN3O2. The van der Waals surface area contributed by atoms with Crippen molar-refractivity contribution in [3.8, 4) is 0 Å². The van der Waals surface area contributed by atoms with E-state index in [9.17, 15) is 9.59 Å².